The highest BCUT2D eigenvalue weighted by Gasteiger charge is 2.03. The van der Waals surface area contributed by atoms with E-state index in [0.29, 0.717) is 11.4 Å². The summed E-state index contributed by atoms with van der Waals surface area (Å²) >= 11 is 4.83. The van der Waals surface area contributed by atoms with Gasteiger partial charge in [0.05, 0.1) is 19.7 Å². The molecule has 1 amide bonds. The minimum Gasteiger partial charge on any atom is -0.497 e. The average molecular weight is 318 g/mol. The number of methoxy groups -OCH3 is 1. The van der Waals surface area contributed by atoms with Gasteiger partial charge < -0.3 is 9.72 Å². The van der Waals surface area contributed by atoms with Gasteiger partial charge in [0, 0.05) is 11.8 Å². The molecule has 0 saturated heterocycles. The number of H-pyrrole nitrogens is 2. The van der Waals surface area contributed by atoms with E-state index in [2.05, 4.69) is 20.5 Å². The van der Waals surface area contributed by atoms with Gasteiger partial charge in [-0.15, -0.1) is 0 Å². The van der Waals surface area contributed by atoms with Crippen molar-refractivity contribution in [2.45, 2.75) is 6.42 Å². The summed E-state index contributed by atoms with van der Waals surface area (Å²) in [5, 5.41) is 3.85. The molecule has 0 aliphatic rings. The Morgan fingerprint density at radius 1 is 1.41 bits per heavy atom. The molecule has 1 aromatic carbocycles. The van der Waals surface area contributed by atoms with E-state index >= 15 is 0 Å². The largest absolute Gasteiger partial charge is 0.497 e. The zero-order valence-corrected chi connectivity index (χ0v) is 12.6. The van der Waals surface area contributed by atoms with Crippen molar-refractivity contribution in [3.63, 3.8) is 0 Å². The van der Waals surface area contributed by atoms with E-state index in [9.17, 15) is 9.59 Å². The number of hydrogen-bond donors (Lipinski definition) is 3. The number of nitrogens with one attached hydrogen (secondary N) is 3. The predicted molar refractivity (Wildman–Crippen MR) is 84.7 cm³/mol. The molecule has 0 fully saturated rings. The van der Waals surface area contributed by atoms with E-state index in [1.165, 1.54) is 12.3 Å². The lowest BCUT2D eigenvalue weighted by molar-refractivity contribution is -0.120. The Labute approximate surface area is 131 Å². The second-order valence-electron chi connectivity index (χ2n) is 4.36. The van der Waals surface area contributed by atoms with Crippen molar-refractivity contribution in [3.8, 4) is 5.75 Å². The van der Waals surface area contributed by atoms with Gasteiger partial charge in [-0.1, -0.05) is 12.1 Å². The molecular weight excluding hydrogens is 304 g/mol. The van der Waals surface area contributed by atoms with Crippen LogP contribution in [0.3, 0.4) is 0 Å². The summed E-state index contributed by atoms with van der Waals surface area (Å²) in [7, 11) is 1.57. The van der Waals surface area contributed by atoms with E-state index in [4.69, 9.17) is 17.0 Å². The zero-order valence-electron chi connectivity index (χ0n) is 11.8. The Morgan fingerprint density at radius 3 is 2.95 bits per heavy atom. The molecule has 0 spiro atoms. The summed E-state index contributed by atoms with van der Waals surface area (Å²) in [6, 6.07) is 8.51. The maximum absolute atomic E-state index is 11.7. The summed E-state index contributed by atoms with van der Waals surface area (Å²) in [5.41, 5.74) is 3.23. The zero-order chi connectivity index (χ0) is 15.9. The first-order chi connectivity index (χ1) is 10.6. The molecule has 2 aromatic rings. The summed E-state index contributed by atoms with van der Waals surface area (Å²) < 4.78 is 5.26. The number of amides is 1. The van der Waals surface area contributed by atoms with Crippen LogP contribution in [-0.4, -0.2) is 29.2 Å². The monoisotopic (exact) mass is 318 g/mol. The molecule has 8 heteroatoms. The van der Waals surface area contributed by atoms with Crippen molar-refractivity contribution in [1.82, 2.24) is 15.4 Å². The van der Waals surface area contributed by atoms with Crippen molar-refractivity contribution < 1.29 is 9.53 Å². The smallest absolute Gasteiger partial charge is 0.251 e. The maximum atomic E-state index is 11.7. The molecule has 0 atom stereocenters. The number of benzene rings is 1. The van der Waals surface area contributed by atoms with Gasteiger partial charge in [0.1, 0.15) is 5.75 Å². The molecular formula is C14H14N4O3S. The van der Waals surface area contributed by atoms with Crippen molar-refractivity contribution >= 4 is 24.3 Å². The van der Waals surface area contributed by atoms with Crippen LogP contribution in [0.5, 0.6) is 5.75 Å². The van der Waals surface area contributed by atoms with Crippen LogP contribution in [0.4, 0.5) is 0 Å². The fraction of sp³-hybridized carbons (Fsp3) is 0.143. The predicted octanol–water partition coefficient (Wildman–Crippen LogP) is 1.13. The first-order valence-corrected chi connectivity index (χ1v) is 6.76. The third-order valence-corrected chi connectivity index (χ3v) is 2.87. The molecule has 114 valence electrons. The molecule has 0 radical (unpaired) electrons. The van der Waals surface area contributed by atoms with Gasteiger partial charge in [-0.05, 0) is 29.9 Å². The summed E-state index contributed by atoms with van der Waals surface area (Å²) in [4.78, 5) is 28.1. The number of hydrazone groups is 1. The Balaban J connectivity index is 1.96. The second kappa shape index (κ2) is 7.32. The number of carbonyl (C=O) groups excluding carboxylic acids is 1. The number of carbonyl (C=O) groups is 1. The van der Waals surface area contributed by atoms with Gasteiger partial charge in [0.15, 0.2) is 4.77 Å². The van der Waals surface area contributed by atoms with Crippen molar-refractivity contribution in [2.75, 3.05) is 7.11 Å². The highest BCUT2D eigenvalue weighted by atomic mass is 32.1. The SMILES string of the molecule is COc1cccc(/C=N\NC(=O)Cc2cc(=O)[nH]c(=S)[nH]2)c1. The molecule has 1 heterocycles. The van der Waals surface area contributed by atoms with E-state index in [-0.39, 0.29) is 22.7 Å². The van der Waals surface area contributed by atoms with Gasteiger partial charge in [-0.25, -0.2) is 5.43 Å². The van der Waals surface area contributed by atoms with Crippen LogP contribution in [0.25, 0.3) is 0 Å². The van der Waals surface area contributed by atoms with Crippen LogP contribution in [0.2, 0.25) is 0 Å². The van der Waals surface area contributed by atoms with E-state index in [1.807, 2.05) is 18.2 Å². The molecule has 7 nitrogen and oxygen atoms in total. The lowest BCUT2D eigenvalue weighted by Gasteiger charge is -2.01. The van der Waals surface area contributed by atoms with Crippen LogP contribution < -0.4 is 15.7 Å². The van der Waals surface area contributed by atoms with E-state index in [1.54, 1.807) is 13.2 Å². The minimum absolute atomic E-state index is 0.0248. The van der Waals surface area contributed by atoms with E-state index in [0.717, 1.165) is 5.56 Å². The first kappa shape index (κ1) is 15.6. The Kier molecular flexibility index (Phi) is 5.21. The normalized spacial score (nSPS) is 10.6. The van der Waals surface area contributed by atoms with Gasteiger partial charge >= 0.3 is 0 Å². The molecule has 0 unspecified atom stereocenters. The molecule has 0 aliphatic carbocycles. The maximum Gasteiger partial charge on any atom is 0.251 e. The molecule has 3 N–H and O–H groups in total. The van der Waals surface area contributed by atoms with Gasteiger partial charge in [0.2, 0.25) is 5.91 Å². The third kappa shape index (κ3) is 4.67. The van der Waals surface area contributed by atoms with Crippen LogP contribution in [0.1, 0.15) is 11.3 Å². The van der Waals surface area contributed by atoms with Gasteiger partial charge in [-0.3, -0.25) is 14.6 Å². The molecule has 0 saturated carbocycles. The van der Waals surface area contributed by atoms with E-state index < -0.39 is 0 Å². The number of ether oxygens (including phenoxy) is 1. The van der Waals surface area contributed by atoms with Gasteiger partial charge in [-0.2, -0.15) is 5.10 Å². The van der Waals surface area contributed by atoms with Crippen LogP contribution in [-0.2, 0) is 11.2 Å². The lowest BCUT2D eigenvalue weighted by Crippen LogP contribution is -2.21. The third-order valence-electron chi connectivity index (χ3n) is 2.66. The second-order valence-corrected chi connectivity index (χ2v) is 4.77. The number of rotatable bonds is 5. The molecule has 1 aromatic heterocycles. The quantitative estimate of drug-likeness (QED) is 0.437. The Hall–Kier alpha value is -2.74. The molecule has 0 aliphatic heterocycles. The van der Waals surface area contributed by atoms with Crippen molar-refractivity contribution in [1.29, 1.82) is 0 Å². The minimum atomic E-state index is -0.365. The number of aromatic nitrogens is 2. The molecule has 0 bridgehead atoms. The van der Waals surface area contributed by atoms with Crippen molar-refractivity contribution in [3.05, 3.63) is 56.7 Å². The number of nitrogens with zero attached hydrogens (tertiary/aromatic N) is 1. The van der Waals surface area contributed by atoms with Gasteiger partial charge in [0.25, 0.3) is 5.56 Å². The Morgan fingerprint density at radius 2 is 2.23 bits per heavy atom. The first-order valence-electron chi connectivity index (χ1n) is 6.35. The lowest BCUT2D eigenvalue weighted by atomic mass is 10.2. The summed E-state index contributed by atoms with van der Waals surface area (Å²) in [6.07, 6.45) is 1.48. The summed E-state index contributed by atoms with van der Waals surface area (Å²) in [6.45, 7) is 0. The highest BCUT2D eigenvalue weighted by molar-refractivity contribution is 7.71. The summed E-state index contributed by atoms with van der Waals surface area (Å²) in [5.74, 6) is 0.335. The van der Waals surface area contributed by atoms with Crippen molar-refractivity contribution in [2.24, 2.45) is 5.10 Å². The van der Waals surface area contributed by atoms with Crippen LogP contribution in [0, 0.1) is 4.77 Å². The fourth-order valence-electron chi connectivity index (χ4n) is 1.73. The number of aromatic amines is 2. The van der Waals surface area contributed by atoms with Crippen LogP contribution in [0.15, 0.2) is 40.2 Å². The highest BCUT2D eigenvalue weighted by Crippen LogP contribution is 2.10. The molecule has 2 rings (SSSR count). The Bertz CT molecular complexity index is 782. The topological polar surface area (TPSA) is 99.3 Å². The van der Waals surface area contributed by atoms with Crippen LogP contribution >= 0.6 is 12.2 Å². The average Bonchev–Trinajstić information content (AvgIpc) is 2.46. The standard InChI is InChI=1S/C14H14N4O3S/c1-21-11-4-2-3-9(5-11)8-15-18-13(20)7-10-6-12(19)17-14(22)16-10/h2-6,8H,7H2,1H3,(H,18,20)(H2,16,17,19,22)/b15-8-. The number of hydrogen-bond acceptors (Lipinski definition) is 5. The fourth-order valence-corrected chi connectivity index (χ4v) is 1.96. The molecule has 22 heavy (non-hydrogen) atoms.